The van der Waals surface area contributed by atoms with E-state index in [1.165, 1.54) is 36.4 Å². The number of likely N-dealkylation sites (N-methyl/N-ethyl adjacent to an activating group) is 1. The quantitative estimate of drug-likeness (QED) is 0.763. The molecule has 0 saturated heterocycles. The Labute approximate surface area is 110 Å². The van der Waals surface area contributed by atoms with Gasteiger partial charge in [-0.05, 0) is 32.7 Å². The van der Waals surface area contributed by atoms with Crippen molar-refractivity contribution in [3.8, 4) is 0 Å². The average Bonchev–Trinajstić information content (AvgIpc) is 2.72. The van der Waals surface area contributed by atoms with Gasteiger partial charge in [-0.1, -0.05) is 26.7 Å². The minimum absolute atomic E-state index is 0.580. The summed E-state index contributed by atoms with van der Waals surface area (Å²) in [5.41, 5.74) is 1.25. The van der Waals surface area contributed by atoms with Crippen LogP contribution in [0.15, 0.2) is 5.38 Å². The average molecular weight is 254 g/mol. The van der Waals surface area contributed by atoms with Crippen LogP contribution in [0, 0.1) is 12.8 Å². The molecule has 0 saturated carbocycles. The summed E-state index contributed by atoms with van der Waals surface area (Å²) in [4.78, 5) is 4.58. The second kappa shape index (κ2) is 7.83. The van der Waals surface area contributed by atoms with Crippen molar-refractivity contribution >= 4 is 11.3 Å². The number of rotatable bonds is 8. The van der Waals surface area contributed by atoms with Crippen molar-refractivity contribution in [3.05, 3.63) is 16.1 Å². The molecular formula is C14H26N2S. The van der Waals surface area contributed by atoms with E-state index in [2.05, 4.69) is 43.5 Å². The Morgan fingerprint density at radius 3 is 2.35 bits per heavy atom. The van der Waals surface area contributed by atoms with Gasteiger partial charge >= 0.3 is 0 Å². The Bertz CT molecular complexity index is 303. The molecule has 0 aromatic carbocycles. The number of hydrogen-bond donors (Lipinski definition) is 1. The molecule has 0 aliphatic rings. The van der Waals surface area contributed by atoms with Crippen molar-refractivity contribution in [2.45, 2.75) is 58.9 Å². The van der Waals surface area contributed by atoms with E-state index in [0.29, 0.717) is 6.04 Å². The zero-order chi connectivity index (χ0) is 12.7. The van der Waals surface area contributed by atoms with Crippen LogP contribution >= 0.6 is 11.3 Å². The fourth-order valence-electron chi connectivity index (χ4n) is 2.52. The highest BCUT2D eigenvalue weighted by atomic mass is 32.1. The first-order valence-electron chi connectivity index (χ1n) is 6.79. The molecule has 1 atom stereocenters. The molecule has 1 aromatic rings. The van der Waals surface area contributed by atoms with E-state index in [1.54, 1.807) is 11.3 Å². The van der Waals surface area contributed by atoms with Crippen molar-refractivity contribution in [1.29, 1.82) is 0 Å². The zero-order valence-corrected chi connectivity index (χ0v) is 12.4. The Kier molecular flexibility index (Phi) is 6.75. The Balaban J connectivity index is 2.61. The van der Waals surface area contributed by atoms with Gasteiger partial charge < -0.3 is 5.32 Å². The molecule has 0 aliphatic carbocycles. The van der Waals surface area contributed by atoms with Crippen LogP contribution in [0.1, 0.15) is 50.2 Å². The highest BCUT2D eigenvalue weighted by molar-refractivity contribution is 7.09. The minimum atomic E-state index is 0.580. The minimum Gasteiger partial charge on any atom is -0.316 e. The molecule has 1 heterocycles. The molecule has 1 aromatic heterocycles. The number of aryl methyl sites for hydroxylation is 1. The molecule has 0 bridgehead atoms. The number of hydrogen-bond acceptors (Lipinski definition) is 3. The molecule has 0 spiro atoms. The summed E-state index contributed by atoms with van der Waals surface area (Å²) < 4.78 is 0. The normalized spacial score (nSPS) is 13.2. The molecule has 1 N–H and O–H groups in total. The summed E-state index contributed by atoms with van der Waals surface area (Å²) in [6.07, 6.45) is 6.27. The van der Waals surface area contributed by atoms with E-state index < -0.39 is 0 Å². The maximum absolute atomic E-state index is 4.58. The van der Waals surface area contributed by atoms with Crippen molar-refractivity contribution in [2.75, 3.05) is 7.05 Å². The highest BCUT2D eigenvalue weighted by Gasteiger charge is 2.19. The predicted molar refractivity (Wildman–Crippen MR) is 76.7 cm³/mol. The van der Waals surface area contributed by atoms with Gasteiger partial charge in [-0.3, -0.25) is 0 Å². The van der Waals surface area contributed by atoms with Crippen LogP contribution in [0.4, 0.5) is 0 Å². The summed E-state index contributed by atoms with van der Waals surface area (Å²) in [5, 5.41) is 6.88. The fourth-order valence-corrected chi connectivity index (χ4v) is 3.15. The van der Waals surface area contributed by atoms with Crippen molar-refractivity contribution in [2.24, 2.45) is 5.92 Å². The van der Waals surface area contributed by atoms with Gasteiger partial charge in [-0.2, -0.15) is 0 Å². The molecule has 1 rings (SSSR count). The highest BCUT2D eigenvalue weighted by Crippen LogP contribution is 2.21. The molecule has 1 unspecified atom stereocenters. The lowest BCUT2D eigenvalue weighted by molar-refractivity contribution is 0.321. The Hall–Kier alpha value is -0.410. The summed E-state index contributed by atoms with van der Waals surface area (Å²) in [6.45, 7) is 6.64. The second-order valence-corrected chi connectivity index (χ2v) is 5.86. The first-order chi connectivity index (χ1) is 8.21. The van der Waals surface area contributed by atoms with Crippen LogP contribution in [0.5, 0.6) is 0 Å². The third kappa shape index (κ3) is 4.76. The van der Waals surface area contributed by atoms with Gasteiger partial charge in [0.25, 0.3) is 0 Å². The maximum atomic E-state index is 4.58. The summed E-state index contributed by atoms with van der Waals surface area (Å²) >= 11 is 1.76. The van der Waals surface area contributed by atoms with E-state index in [1.807, 2.05) is 0 Å². The molecule has 2 nitrogen and oxygen atoms in total. The van der Waals surface area contributed by atoms with E-state index in [-0.39, 0.29) is 0 Å². The van der Waals surface area contributed by atoms with E-state index >= 15 is 0 Å². The van der Waals surface area contributed by atoms with E-state index in [4.69, 9.17) is 0 Å². The number of thiazole rings is 1. The van der Waals surface area contributed by atoms with Gasteiger partial charge in [-0.25, -0.2) is 4.98 Å². The van der Waals surface area contributed by atoms with Gasteiger partial charge in [0, 0.05) is 17.8 Å². The molecule has 0 fully saturated rings. The SMILES string of the molecule is CCCC(CCC)C(Cc1csc(C)n1)NC. The first-order valence-corrected chi connectivity index (χ1v) is 7.67. The largest absolute Gasteiger partial charge is 0.316 e. The van der Waals surface area contributed by atoms with Crippen LogP contribution in [0.25, 0.3) is 0 Å². The standard InChI is InChI=1S/C14H26N2S/c1-5-7-12(8-6-2)14(15-4)9-13-10-17-11(3)16-13/h10,12,14-15H,5-9H2,1-4H3. The molecule has 0 radical (unpaired) electrons. The molecule has 3 heteroatoms. The molecule has 0 amide bonds. The zero-order valence-electron chi connectivity index (χ0n) is 11.6. The fraction of sp³-hybridized carbons (Fsp3) is 0.786. The number of nitrogens with zero attached hydrogens (tertiary/aromatic N) is 1. The van der Waals surface area contributed by atoms with Gasteiger partial charge in [0.05, 0.1) is 10.7 Å². The van der Waals surface area contributed by atoms with Crippen molar-refractivity contribution in [1.82, 2.24) is 10.3 Å². The third-order valence-corrected chi connectivity index (χ3v) is 4.18. The van der Waals surface area contributed by atoms with Gasteiger partial charge in [-0.15, -0.1) is 11.3 Å². The van der Waals surface area contributed by atoms with Gasteiger partial charge in [0.15, 0.2) is 0 Å². The van der Waals surface area contributed by atoms with Crippen LogP contribution in [0.3, 0.4) is 0 Å². The lowest BCUT2D eigenvalue weighted by Crippen LogP contribution is -2.35. The van der Waals surface area contributed by atoms with E-state index in [0.717, 1.165) is 12.3 Å². The van der Waals surface area contributed by atoms with Crippen LogP contribution in [0.2, 0.25) is 0 Å². The van der Waals surface area contributed by atoms with Gasteiger partial charge in [0.2, 0.25) is 0 Å². The molecule has 0 aliphatic heterocycles. The molecular weight excluding hydrogens is 228 g/mol. The lowest BCUT2D eigenvalue weighted by Gasteiger charge is -2.26. The molecule has 17 heavy (non-hydrogen) atoms. The second-order valence-electron chi connectivity index (χ2n) is 4.79. The smallest absolute Gasteiger partial charge is 0.0897 e. The lowest BCUT2D eigenvalue weighted by atomic mass is 9.88. The maximum Gasteiger partial charge on any atom is 0.0897 e. The van der Waals surface area contributed by atoms with Crippen molar-refractivity contribution in [3.63, 3.8) is 0 Å². The topological polar surface area (TPSA) is 24.9 Å². The van der Waals surface area contributed by atoms with Gasteiger partial charge in [0.1, 0.15) is 0 Å². The van der Waals surface area contributed by atoms with Crippen LogP contribution in [-0.4, -0.2) is 18.1 Å². The third-order valence-electron chi connectivity index (χ3n) is 3.35. The van der Waals surface area contributed by atoms with Crippen LogP contribution in [-0.2, 0) is 6.42 Å². The van der Waals surface area contributed by atoms with E-state index in [9.17, 15) is 0 Å². The van der Waals surface area contributed by atoms with Crippen LogP contribution < -0.4 is 5.32 Å². The predicted octanol–water partition coefficient (Wildman–Crippen LogP) is 3.80. The van der Waals surface area contributed by atoms with Crippen molar-refractivity contribution < 1.29 is 0 Å². The number of aromatic nitrogens is 1. The number of nitrogens with one attached hydrogen (secondary N) is 1. The summed E-state index contributed by atoms with van der Waals surface area (Å²) in [6, 6.07) is 0.580. The monoisotopic (exact) mass is 254 g/mol. The molecule has 98 valence electrons. The Morgan fingerprint density at radius 2 is 1.94 bits per heavy atom. The Morgan fingerprint density at radius 1 is 1.29 bits per heavy atom. The first kappa shape index (κ1) is 14.7. The summed E-state index contributed by atoms with van der Waals surface area (Å²) in [5.74, 6) is 0.789. The summed E-state index contributed by atoms with van der Waals surface area (Å²) in [7, 11) is 2.09.